The maximum atomic E-state index is 15.4. The predicted octanol–water partition coefficient (Wildman–Crippen LogP) is 6.54. The van der Waals surface area contributed by atoms with E-state index in [0.717, 1.165) is 49.4 Å². The first-order chi connectivity index (χ1) is 21.0. The maximum Gasteiger partial charge on any atom is 0.247 e. The van der Waals surface area contributed by atoms with Crippen LogP contribution < -0.4 is 20.4 Å². The second-order valence-electron chi connectivity index (χ2n) is 10.9. The van der Waals surface area contributed by atoms with Crippen molar-refractivity contribution < 1.29 is 9.18 Å². The molecule has 0 aliphatic rings. The third-order valence-corrected chi connectivity index (χ3v) is 7.09. The summed E-state index contributed by atoms with van der Waals surface area (Å²) in [5, 5.41) is 6.35. The second kappa shape index (κ2) is 17.7. The Labute approximate surface area is 263 Å². The lowest BCUT2D eigenvalue weighted by atomic mass is 10.1. The molecule has 0 aliphatic heterocycles. The van der Waals surface area contributed by atoms with E-state index < -0.39 is 5.82 Å². The Morgan fingerprint density at radius 2 is 1.75 bits per heavy atom. The average Bonchev–Trinajstić information content (AvgIpc) is 2.99. The standard InChI is InChI=1S/C34H49FN8O/c1-11-16-43(24(4)5)32-21-26(19-27(35)34(32)37-7)28(14-15-36-6)38-23-39-29-22-30(40-33(44)13-3)31(20-25(29)12-2)42(10)18-17-41(8)9/h13-15,19-22,24,39H,3,6-7,11-12,16-18,23H2,1-2,4-5,8-10H3,(H,40,44)/b15-14-,38-28+. The van der Waals surface area contributed by atoms with Gasteiger partial charge in [-0.15, -0.1) is 0 Å². The number of hydrogen-bond donors (Lipinski definition) is 2. The zero-order valence-electron chi connectivity index (χ0n) is 27.5. The van der Waals surface area contributed by atoms with Gasteiger partial charge < -0.3 is 25.3 Å². The van der Waals surface area contributed by atoms with E-state index in [1.165, 1.54) is 18.3 Å². The fraction of sp³-hybridized carbons (Fsp3) is 0.412. The van der Waals surface area contributed by atoms with E-state index in [9.17, 15) is 4.79 Å². The Kier molecular flexibility index (Phi) is 14.5. The van der Waals surface area contributed by atoms with Crippen LogP contribution in [0.4, 0.5) is 32.8 Å². The van der Waals surface area contributed by atoms with Crippen molar-refractivity contribution in [2.45, 2.75) is 46.6 Å². The fourth-order valence-electron chi connectivity index (χ4n) is 4.74. The third-order valence-electron chi connectivity index (χ3n) is 7.09. The van der Waals surface area contributed by atoms with E-state index in [-0.39, 0.29) is 24.3 Å². The number of carbonyl (C=O) groups excluding carboxylic acids is 1. The van der Waals surface area contributed by atoms with Crippen LogP contribution in [0.5, 0.6) is 0 Å². The van der Waals surface area contributed by atoms with Crippen LogP contribution in [0.2, 0.25) is 0 Å². The highest BCUT2D eigenvalue weighted by Crippen LogP contribution is 2.35. The Bertz CT molecular complexity index is 1370. The molecular formula is C34H49FN8O. The molecule has 0 bridgehead atoms. The van der Waals surface area contributed by atoms with Crippen LogP contribution >= 0.6 is 0 Å². The van der Waals surface area contributed by atoms with E-state index in [0.29, 0.717) is 22.6 Å². The number of benzene rings is 2. The zero-order chi connectivity index (χ0) is 32.8. The first-order valence-electron chi connectivity index (χ1n) is 14.9. The lowest BCUT2D eigenvalue weighted by Crippen LogP contribution is -2.31. The van der Waals surface area contributed by atoms with Gasteiger partial charge in [-0.05, 0) is 96.2 Å². The van der Waals surface area contributed by atoms with Crippen LogP contribution in [0, 0.1) is 5.82 Å². The highest BCUT2D eigenvalue weighted by atomic mass is 19.1. The molecule has 0 atom stereocenters. The highest BCUT2D eigenvalue weighted by Gasteiger charge is 2.20. The largest absolute Gasteiger partial charge is 0.372 e. The van der Waals surface area contributed by atoms with Gasteiger partial charge in [0.1, 0.15) is 12.4 Å². The lowest BCUT2D eigenvalue weighted by molar-refractivity contribution is -0.111. The van der Waals surface area contributed by atoms with Crippen LogP contribution in [-0.2, 0) is 11.2 Å². The SMILES string of the molecule is C=CC(=O)Nc1cc(NC/N=C(\C=C/N=C)c2cc(F)c(N=C)c(N(CCC)C(C)C)c2)c(CC)cc1N(C)CCN(C)C. The summed E-state index contributed by atoms with van der Waals surface area (Å²) < 4.78 is 15.4. The van der Waals surface area contributed by atoms with Crippen LogP contribution in [0.15, 0.2) is 64.2 Å². The molecule has 0 aliphatic carbocycles. The summed E-state index contributed by atoms with van der Waals surface area (Å²) in [5.74, 6) is -0.765. The molecule has 2 aromatic carbocycles. The molecule has 0 radical (unpaired) electrons. The van der Waals surface area contributed by atoms with E-state index in [2.05, 4.69) is 89.1 Å². The van der Waals surface area contributed by atoms with Gasteiger partial charge in [0, 0.05) is 50.2 Å². The normalized spacial score (nSPS) is 11.6. The molecule has 2 aromatic rings. The smallest absolute Gasteiger partial charge is 0.247 e. The minimum Gasteiger partial charge on any atom is -0.372 e. The zero-order valence-corrected chi connectivity index (χ0v) is 27.5. The molecule has 2 rings (SSSR count). The Hall–Kier alpha value is -4.31. The number of aryl methyl sites for hydroxylation is 1. The quantitative estimate of drug-likeness (QED) is 0.149. The predicted molar refractivity (Wildman–Crippen MR) is 189 cm³/mol. The maximum absolute atomic E-state index is 15.4. The molecule has 2 N–H and O–H groups in total. The third kappa shape index (κ3) is 9.87. The number of likely N-dealkylation sites (N-methyl/N-ethyl adjacent to an activating group) is 2. The van der Waals surface area contributed by atoms with Gasteiger partial charge in [0.05, 0.1) is 22.8 Å². The van der Waals surface area contributed by atoms with E-state index in [4.69, 9.17) is 4.99 Å². The molecule has 1 amide bonds. The number of anilines is 4. The Morgan fingerprint density at radius 1 is 1.02 bits per heavy atom. The summed E-state index contributed by atoms with van der Waals surface area (Å²) in [7, 11) is 6.06. The van der Waals surface area contributed by atoms with Crippen LogP contribution in [0.1, 0.15) is 45.2 Å². The van der Waals surface area contributed by atoms with Gasteiger partial charge in [0.15, 0.2) is 5.82 Å². The van der Waals surface area contributed by atoms with Gasteiger partial charge in [0.2, 0.25) is 5.91 Å². The van der Waals surface area contributed by atoms with Gasteiger partial charge in [0.25, 0.3) is 0 Å². The van der Waals surface area contributed by atoms with E-state index >= 15 is 4.39 Å². The molecule has 0 fully saturated rings. The number of halogens is 1. The van der Waals surface area contributed by atoms with Crippen molar-refractivity contribution in [1.29, 1.82) is 0 Å². The van der Waals surface area contributed by atoms with Gasteiger partial charge in [-0.2, -0.15) is 0 Å². The number of hydrogen-bond acceptors (Lipinski definition) is 8. The molecule has 0 spiro atoms. The summed E-state index contributed by atoms with van der Waals surface area (Å²) >= 11 is 0. The lowest BCUT2D eigenvalue weighted by Gasteiger charge is -2.30. The molecule has 0 saturated heterocycles. The van der Waals surface area contributed by atoms with Gasteiger partial charge in [-0.1, -0.05) is 20.4 Å². The van der Waals surface area contributed by atoms with Gasteiger partial charge in [-0.3, -0.25) is 19.8 Å². The summed E-state index contributed by atoms with van der Waals surface area (Å²) in [6.45, 7) is 21.6. The van der Waals surface area contributed by atoms with E-state index in [1.54, 1.807) is 6.08 Å². The minimum absolute atomic E-state index is 0.130. The average molecular weight is 605 g/mol. The van der Waals surface area contributed by atoms with Crippen molar-refractivity contribution in [1.82, 2.24) is 4.90 Å². The number of rotatable bonds is 18. The summed E-state index contributed by atoms with van der Waals surface area (Å²) in [5.41, 5.74) is 5.47. The van der Waals surface area contributed by atoms with Crippen LogP contribution in [-0.4, -0.2) is 83.4 Å². The number of aliphatic imine (C=N–C) groups is 3. The van der Waals surface area contributed by atoms with Gasteiger partial charge in [-0.25, -0.2) is 4.39 Å². The second-order valence-corrected chi connectivity index (χ2v) is 10.9. The first kappa shape index (κ1) is 35.9. The van der Waals surface area contributed by atoms with Crippen molar-refractivity contribution in [2.24, 2.45) is 15.0 Å². The molecule has 238 valence electrons. The van der Waals surface area contributed by atoms with Crippen LogP contribution in [0.3, 0.4) is 0 Å². The number of allylic oxidation sites excluding steroid dienone is 1. The monoisotopic (exact) mass is 604 g/mol. The van der Waals surface area contributed by atoms with Gasteiger partial charge >= 0.3 is 0 Å². The molecule has 9 nitrogen and oxygen atoms in total. The topological polar surface area (TPSA) is 87.9 Å². The molecule has 0 saturated carbocycles. The van der Waals surface area contributed by atoms with Crippen molar-refractivity contribution in [2.75, 3.05) is 67.9 Å². The van der Waals surface area contributed by atoms with Crippen molar-refractivity contribution >= 4 is 53.5 Å². The fourth-order valence-corrected chi connectivity index (χ4v) is 4.74. The molecule has 0 heterocycles. The Balaban J connectivity index is 2.55. The minimum atomic E-state index is -0.472. The Morgan fingerprint density at radius 3 is 2.32 bits per heavy atom. The van der Waals surface area contributed by atoms with Crippen molar-refractivity contribution in [3.8, 4) is 0 Å². The summed E-state index contributed by atoms with van der Waals surface area (Å²) in [4.78, 5) is 31.3. The van der Waals surface area contributed by atoms with Crippen molar-refractivity contribution in [3.63, 3.8) is 0 Å². The molecule has 44 heavy (non-hydrogen) atoms. The number of nitrogens with zero attached hydrogens (tertiary/aromatic N) is 6. The molecule has 10 heteroatoms. The van der Waals surface area contributed by atoms with Crippen LogP contribution in [0.25, 0.3) is 0 Å². The molecular weight excluding hydrogens is 555 g/mol. The summed E-state index contributed by atoms with van der Waals surface area (Å²) in [6.07, 6.45) is 6.14. The highest BCUT2D eigenvalue weighted by molar-refractivity contribution is 6.10. The number of amides is 1. The summed E-state index contributed by atoms with van der Waals surface area (Å²) in [6, 6.07) is 7.45. The van der Waals surface area contributed by atoms with E-state index in [1.807, 2.05) is 33.3 Å². The number of nitrogens with one attached hydrogen (secondary N) is 2. The molecule has 0 unspecified atom stereocenters. The molecule has 0 aromatic heterocycles. The first-order valence-corrected chi connectivity index (χ1v) is 14.9. The van der Waals surface area contributed by atoms with Crippen molar-refractivity contribution in [3.05, 3.63) is 66.1 Å². The number of carbonyl (C=O) groups is 1.